The number of rotatable bonds is 2. The zero-order valence-electron chi connectivity index (χ0n) is 18.6. The average Bonchev–Trinajstić information content (AvgIpc) is 3.23. The lowest BCUT2D eigenvalue weighted by molar-refractivity contribution is -0.131. The van der Waals surface area contributed by atoms with Gasteiger partial charge in [-0.2, -0.15) is 0 Å². The SMILES string of the molecule is CC12C(=O)N(c3ccccc3)C(=O)C1CC1C(=CCC3C(=O)NC(=O)C31)C2c1ccccc1O. The first kappa shape index (κ1) is 20.8. The number of phenolic OH excluding ortho intramolecular Hbond substituents is 1. The number of imide groups is 2. The summed E-state index contributed by atoms with van der Waals surface area (Å²) >= 11 is 0. The molecule has 34 heavy (non-hydrogen) atoms. The molecule has 3 fully saturated rings. The van der Waals surface area contributed by atoms with E-state index in [1.807, 2.05) is 12.1 Å². The standard InChI is InChI=1S/C27H24N2O5/c1-27-19(25(33)29(26(27)34)14-7-3-2-4-8-14)13-18-15(22(27)16-9-5-6-10-20(16)30)11-12-17-21(18)24(32)28-23(17)31/h2-11,17-19,21-22,30H,12-13H2,1H3,(H,28,31,32). The van der Waals surface area contributed by atoms with Crippen LogP contribution in [0.15, 0.2) is 66.2 Å². The summed E-state index contributed by atoms with van der Waals surface area (Å²) in [6, 6.07) is 15.7. The van der Waals surface area contributed by atoms with Crippen molar-refractivity contribution in [2.75, 3.05) is 4.90 Å². The largest absolute Gasteiger partial charge is 0.508 e. The van der Waals surface area contributed by atoms with E-state index < -0.39 is 29.1 Å². The fourth-order valence-electron chi connectivity index (χ4n) is 6.83. The molecule has 7 heteroatoms. The quantitative estimate of drug-likeness (QED) is 0.534. The van der Waals surface area contributed by atoms with Crippen LogP contribution in [0.2, 0.25) is 0 Å². The van der Waals surface area contributed by atoms with Crippen LogP contribution in [0.5, 0.6) is 5.75 Å². The van der Waals surface area contributed by atoms with E-state index in [0.717, 1.165) is 5.57 Å². The summed E-state index contributed by atoms with van der Waals surface area (Å²) < 4.78 is 0. The van der Waals surface area contributed by atoms with Crippen LogP contribution in [0.25, 0.3) is 0 Å². The Balaban J connectivity index is 1.56. The van der Waals surface area contributed by atoms with E-state index in [-0.39, 0.29) is 35.3 Å². The lowest BCUT2D eigenvalue weighted by atomic mass is 9.51. The second-order valence-corrected chi connectivity index (χ2v) is 9.91. The molecule has 2 aromatic carbocycles. The molecule has 1 saturated carbocycles. The number of amides is 4. The molecular formula is C27H24N2O5. The number of carbonyl (C=O) groups is 4. The van der Waals surface area contributed by atoms with Crippen molar-refractivity contribution >= 4 is 29.3 Å². The van der Waals surface area contributed by atoms with Gasteiger partial charge in [-0.05, 0) is 43.9 Å². The summed E-state index contributed by atoms with van der Waals surface area (Å²) in [6.07, 6.45) is 2.66. The second-order valence-electron chi connectivity index (χ2n) is 9.91. The van der Waals surface area contributed by atoms with Crippen molar-refractivity contribution in [3.8, 4) is 5.75 Å². The molecule has 2 saturated heterocycles. The topological polar surface area (TPSA) is 104 Å². The van der Waals surface area contributed by atoms with Crippen molar-refractivity contribution in [2.24, 2.45) is 29.1 Å². The zero-order chi connectivity index (χ0) is 23.8. The van der Waals surface area contributed by atoms with Gasteiger partial charge in [0.25, 0.3) is 0 Å². The first-order valence-electron chi connectivity index (χ1n) is 11.6. The molecular weight excluding hydrogens is 432 g/mol. The Labute approximate surface area is 196 Å². The van der Waals surface area contributed by atoms with E-state index in [1.165, 1.54) is 4.90 Å². The highest BCUT2D eigenvalue weighted by Crippen LogP contribution is 2.63. The van der Waals surface area contributed by atoms with Crippen LogP contribution in [0.4, 0.5) is 5.69 Å². The molecule has 4 amide bonds. The van der Waals surface area contributed by atoms with Crippen molar-refractivity contribution in [2.45, 2.75) is 25.7 Å². The minimum Gasteiger partial charge on any atom is -0.508 e. The van der Waals surface area contributed by atoms with Gasteiger partial charge in [0.2, 0.25) is 23.6 Å². The Kier molecular flexibility index (Phi) is 4.37. The van der Waals surface area contributed by atoms with Gasteiger partial charge in [0.1, 0.15) is 5.75 Å². The molecule has 0 aromatic heterocycles. The maximum atomic E-state index is 14.0. The highest BCUT2D eigenvalue weighted by Gasteiger charge is 2.67. The predicted octanol–water partition coefficient (Wildman–Crippen LogP) is 2.91. The fourth-order valence-corrected chi connectivity index (χ4v) is 6.83. The van der Waals surface area contributed by atoms with E-state index in [2.05, 4.69) is 5.32 Å². The fraction of sp³-hybridized carbons (Fsp3) is 0.333. The Hall–Kier alpha value is -3.74. The Morgan fingerprint density at radius 2 is 1.65 bits per heavy atom. The van der Waals surface area contributed by atoms with Crippen LogP contribution in [-0.4, -0.2) is 28.7 Å². The number of allylic oxidation sites excluding steroid dienone is 2. The highest BCUT2D eigenvalue weighted by atomic mass is 16.3. The predicted molar refractivity (Wildman–Crippen MR) is 122 cm³/mol. The van der Waals surface area contributed by atoms with Gasteiger partial charge in [0.05, 0.1) is 28.9 Å². The molecule has 2 aliphatic heterocycles. The van der Waals surface area contributed by atoms with Crippen molar-refractivity contribution in [1.82, 2.24) is 5.32 Å². The van der Waals surface area contributed by atoms with Gasteiger partial charge in [0.15, 0.2) is 0 Å². The maximum Gasteiger partial charge on any atom is 0.241 e. The lowest BCUT2D eigenvalue weighted by Gasteiger charge is -2.49. The van der Waals surface area contributed by atoms with Crippen molar-refractivity contribution in [3.05, 3.63) is 71.8 Å². The summed E-state index contributed by atoms with van der Waals surface area (Å²) in [5.74, 6) is -3.84. The number of hydrogen-bond donors (Lipinski definition) is 2. The molecule has 0 spiro atoms. The molecule has 2 aromatic rings. The second kappa shape index (κ2) is 7.13. The Bertz CT molecular complexity index is 1280. The minimum atomic E-state index is -1.14. The zero-order valence-corrected chi connectivity index (χ0v) is 18.6. The third-order valence-corrected chi connectivity index (χ3v) is 8.38. The number of aromatic hydroxyl groups is 1. The van der Waals surface area contributed by atoms with Crippen LogP contribution >= 0.6 is 0 Å². The van der Waals surface area contributed by atoms with E-state index in [0.29, 0.717) is 24.1 Å². The first-order valence-corrected chi connectivity index (χ1v) is 11.6. The number of hydrogen-bond acceptors (Lipinski definition) is 5. The van der Waals surface area contributed by atoms with Crippen LogP contribution in [0.3, 0.4) is 0 Å². The molecule has 2 heterocycles. The van der Waals surface area contributed by atoms with Gasteiger partial charge >= 0.3 is 0 Å². The van der Waals surface area contributed by atoms with Crippen LogP contribution in [0, 0.1) is 29.1 Å². The summed E-state index contributed by atoms with van der Waals surface area (Å²) in [6.45, 7) is 1.81. The van der Waals surface area contributed by atoms with Gasteiger partial charge in [0, 0.05) is 11.5 Å². The van der Waals surface area contributed by atoms with E-state index in [1.54, 1.807) is 55.5 Å². The van der Waals surface area contributed by atoms with Gasteiger partial charge in [-0.15, -0.1) is 0 Å². The third-order valence-electron chi connectivity index (χ3n) is 8.38. The molecule has 2 aliphatic carbocycles. The number of nitrogens with one attached hydrogen (secondary N) is 1. The smallest absolute Gasteiger partial charge is 0.241 e. The number of nitrogens with zero attached hydrogens (tertiary/aromatic N) is 1. The van der Waals surface area contributed by atoms with Crippen molar-refractivity contribution in [1.29, 1.82) is 0 Å². The van der Waals surface area contributed by atoms with Crippen LogP contribution in [0.1, 0.15) is 31.2 Å². The Morgan fingerprint density at radius 3 is 2.38 bits per heavy atom. The third kappa shape index (κ3) is 2.58. The van der Waals surface area contributed by atoms with Crippen LogP contribution in [-0.2, 0) is 19.2 Å². The van der Waals surface area contributed by atoms with Gasteiger partial charge in [-0.3, -0.25) is 24.5 Å². The summed E-state index contributed by atoms with van der Waals surface area (Å²) in [5.41, 5.74) is 0.792. The Morgan fingerprint density at radius 1 is 0.941 bits per heavy atom. The molecule has 6 rings (SSSR count). The normalized spacial score (nSPS) is 34.3. The molecule has 172 valence electrons. The molecule has 4 aliphatic rings. The van der Waals surface area contributed by atoms with Gasteiger partial charge < -0.3 is 5.11 Å². The van der Waals surface area contributed by atoms with Crippen molar-refractivity contribution in [3.63, 3.8) is 0 Å². The molecule has 7 nitrogen and oxygen atoms in total. The number of fused-ring (bicyclic) bond motifs is 4. The van der Waals surface area contributed by atoms with E-state index in [9.17, 15) is 24.3 Å². The van der Waals surface area contributed by atoms with Crippen LogP contribution < -0.4 is 10.2 Å². The number of anilines is 1. The maximum absolute atomic E-state index is 14.0. The molecule has 2 N–H and O–H groups in total. The van der Waals surface area contributed by atoms with Gasteiger partial charge in [-0.25, -0.2) is 4.90 Å². The molecule has 6 atom stereocenters. The van der Waals surface area contributed by atoms with E-state index >= 15 is 0 Å². The minimum absolute atomic E-state index is 0.0431. The monoisotopic (exact) mass is 456 g/mol. The van der Waals surface area contributed by atoms with E-state index in [4.69, 9.17) is 0 Å². The lowest BCUT2D eigenvalue weighted by Crippen LogP contribution is -2.48. The summed E-state index contributed by atoms with van der Waals surface area (Å²) in [5, 5.41) is 13.3. The summed E-state index contributed by atoms with van der Waals surface area (Å²) in [4.78, 5) is 54.3. The molecule has 6 unspecified atom stereocenters. The number of benzene rings is 2. The van der Waals surface area contributed by atoms with Crippen molar-refractivity contribution < 1.29 is 24.3 Å². The van der Waals surface area contributed by atoms with Gasteiger partial charge in [-0.1, -0.05) is 48.0 Å². The first-order chi connectivity index (χ1) is 16.3. The average molecular weight is 456 g/mol. The highest BCUT2D eigenvalue weighted by molar-refractivity contribution is 6.24. The number of phenols is 1. The molecule has 0 radical (unpaired) electrons. The summed E-state index contributed by atoms with van der Waals surface area (Å²) in [7, 11) is 0. The number of carbonyl (C=O) groups excluding carboxylic acids is 4. The molecule has 0 bridgehead atoms. The number of para-hydroxylation sites is 2.